The van der Waals surface area contributed by atoms with Crippen molar-refractivity contribution in [2.45, 2.75) is 0 Å². The number of phenols is 1. The van der Waals surface area contributed by atoms with E-state index in [1.165, 1.54) is 24.3 Å². The molecule has 2 aromatic carbocycles. The number of carbonyl (C=O) groups excluding carboxylic acids is 1. The maximum absolute atomic E-state index is 11.7. The van der Waals surface area contributed by atoms with Crippen molar-refractivity contribution in [1.82, 2.24) is 5.43 Å². The molecule has 134 valence electrons. The third kappa shape index (κ3) is 4.74. The van der Waals surface area contributed by atoms with Gasteiger partial charge in [-0.05, 0) is 18.2 Å². The number of benzene rings is 2. The molecule has 2 rings (SSSR count). The Bertz CT molecular complexity index is 882. The van der Waals surface area contributed by atoms with Crippen LogP contribution in [0.15, 0.2) is 47.6 Å². The van der Waals surface area contributed by atoms with Crippen molar-refractivity contribution >= 4 is 23.5 Å². The zero-order valence-corrected chi connectivity index (χ0v) is 13.1. The Morgan fingerprint density at radius 1 is 1.15 bits per heavy atom. The summed E-state index contributed by atoms with van der Waals surface area (Å²) < 4.78 is 5.07. The van der Waals surface area contributed by atoms with Crippen molar-refractivity contribution in [1.29, 1.82) is 0 Å². The predicted octanol–water partition coefficient (Wildman–Crippen LogP) is 1.74. The molecule has 0 aromatic heterocycles. The van der Waals surface area contributed by atoms with Gasteiger partial charge in [-0.1, -0.05) is 12.1 Å². The standard InChI is InChI=1S/C15H12N4O7/c20-11-5-6-12(18(22)23)10(7-11)8-16-17-15(21)9-26-14-4-2-1-3-13(14)19(24)25/h1-8,20H,9H2,(H,17,21). The maximum Gasteiger partial charge on any atom is 0.310 e. The zero-order valence-electron chi connectivity index (χ0n) is 13.1. The first-order chi connectivity index (χ1) is 12.4. The zero-order chi connectivity index (χ0) is 19.1. The number of phenolic OH excluding ortho intramolecular Hbond substituents is 1. The molecule has 1 amide bonds. The van der Waals surface area contributed by atoms with Gasteiger partial charge in [-0.3, -0.25) is 25.0 Å². The lowest BCUT2D eigenvalue weighted by Crippen LogP contribution is -2.24. The van der Waals surface area contributed by atoms with E-state index < -0.39 is 22.4 Å². The summed E-state index contributed by atoms with van der Waals surface area (Å²) in [7, 11) is 0. The Labute approximate surface area is 145 Å². The van der Waals surface area contributed by atoms with Gasteiger partial charge < -0.3 is 9.84 Å². The molecule has 11 nitrogen and oxygen atoms in total. The molecule has 0 atom stereocenters. The summed E-state index contributed by atoms with van der Waals surface area (Å²) in [6.07, 6.45) is 0.987. The van der Waals surface area contributed by atoms with Crippen molar-refractivity contribution in [2.75, 3.05) is 6.61 Å². The lowest BCUT2D eigenvalue weighted by atomic mass is 10.2. The van der Waals surface area contributed by atoms with Gasteiger partial charge in [0, 0.05) is 12.1 Å². The minimum Gasteiger partial charge on any atom is -0.508 e. The fourth-order valence-electron chi connectivity index (χ4n) is 1.89. The summed E-state index contributed by atoms with van der Waals surface area (Å²) in [5, 5.41) is 34.6. The van der Waals surface area contributed by atoms with Gasteiger partial charge in [-0.15, -0.1) is 0 Å². The van der Waals surface area contributed by atoms with Crippen LogP contribution >= 0.6 is 0 Å². The molecule has 0 radical (unpaired) electrons. The van der Waals surface area contributed by atoms with Gasteiger partial charge in [0.15, 0.2) is 12.4 Å². The van der Waals surface area contributed by atoms with E-state index in [1.54, 1.807) is 0 Å². The SMILES string of the molecule is O=C(COc1ccccc1[N+](=O)[O-])NN=Cc1cc(O)ccc1[N+](=O)[O-]. The summed E-state index contributed by atoms with van der Waals surface area (Å²) in [6.45, 7) is -0.551. The van der Waals surface area contributed by atoms with Crippen LogP contribution in [0.4, 0.5) is 11.4 Å². The number of para-hydroxylation sites is 2. The number of amides is 1. The van der Waals surface area contributed by atoms with Gasteiger partial charge in [0.25, 0.3) is 11.6 Å². The number of nitro groups is 2. The van der Waals surface area contributed by atoms with Gasteiger partial charge in [0.1, 0.15) is 5.75 Å². The molecule has 0 aliphatic rings. The molecule has 0 saturated heterocycles. The Hall–Kier alpha value is -4.02. The van der Waals surface area contributed by atoms with Crippen molar-refractivity contribution in [2.24, 2.45) is 5.10 Å². The van der Waals surface area contributed by atoms with Crippen molar-refractivity contribution in [3.05, 3.63) is 68.3 Å². The second kappa shape index (κ2) is 8.19. The fourth-order valence-corrected chi connectivity index (χ4v) is 1.89. The Morgan fingerprint density at radius 2 is 1.85 bits per heavy atom. The second-order valence-corrected chi connectivity index (χ2v) is 4.81. The minimum absolute atomic E-state index is 0.0186. The molecule has 0 unspecified atom stereocenters. The Kier molecular flexibility index (Phi) is 5.77. The van der Waals surface area contributed by atoms with E-state index >= 15 is 0 Å². The lowest BCUT2D eigenvalue weighted by Gasteiger charge is -2.05. The van der Waals surface area contributed by atoms with Crippen LogP contribution in [-0.4, -0.2) is 33.7 Å². The van der Waals surface area contributed by atoms with Crippen LogP contribution in [0.1, 0.15) is 5.56 Å². The Morgan fingerprint density at radius 3 is 2.54 bits per heavy atom. The number of nitrogens with zero attached hydrogens (tertiary/aromatic N) is 3. The number of aromatic hydroxyl groups is 1. The fraction of sp³-hybridized carbons (Fsp3) is 0.0667. The first-order valence-electron chi connectivity index (χ1n) is 7.04. The first kappa shape index (κ1) is 18.3. The average molecular weight is 360 g/mol. The third-order valence-electron chi connectivity index (χ3n) is 3.02. The van der Waals surface area contributed by atoms with Gasteiger partial charge >= 0.3 is 5.69 Å². The summed E-state index contributed by atoms with van der Waals surface area (Å²) in [4.78, 5) is 32.1. The highest BCUT2D eigenvalue weighted by Crippen LogP contribution is 2.25. The first-order valence-corrected chi connectivity index (χ1v) is 7.04. The second-order valence-electron chi connectivity index (χ2n) is 4.81. The molecular weight excluding hydrogens is 348 g/mol. The number of ether oxygens (including phenoxy) is 1. The van der Waals surface area contributed by atoms with Crippen LogP contribution < -0.4 is 10.2 Å². The summed E-state index contributed by atoms with van der Waals surface area (Å²) in [5.41, 5.74) is 1.45. The van der Waals surface area contributed by atoms with Crippen molar-refractivity contribution in [3.63, 3.8) is 0 Å². The van der Waals surface area contributed by atoms with Crippen LogP contribution in [0.3, 0.4) is 0 Å². The molecule has 11 heteroatoms. The number of hydrogen-bond donors (Lipinski definition) is 2. The molecule has 0 fully saturated rings. The highest BCUT2D eigenvalue weighted by Gasteiger charge is 2.15. The lowest BCUT2D eigenvalue weighted by molar-refractivity contribution is -0.385. The molecule has 2 aromatic rings. The molecule has 0 saturated carbocycles. The van der Waals surface area contributed by atoms with E-state index in [2.05, 4.69) is 10.5 Å². The monoisotopic (exact) mass is 360 g/mol. The molecular formula is C15H12N4O7. The summed E-state index contributed by atoms with van der Waals surface area (Å²) in [5.74, 6) is -1.02. The van der Waals surface area contributed by atoms with Crippen LogP contribution in [0.5, 0.6) is 11.5 Å². The molecule has 0 bridgehead atoms. The van der Waals surface area contributed by atoms with Crippen LogP contribution in [0, 0.1) is 20.2 Å². The largest absolute Gasteiger partial charge is 0.508 e. The molecule has 0 heterocycles. The van der Waals surface area contributed by atoms with Crippen LogP contribution in [0.2, 0.25) is 0 Å². The maximum atomic E-state index is 11.7. The molecule has 26 heavy (non-hydrogen) atoms. The number of hydrazone groups is 1. The Balaban J connectivity index is 1.98. The summed E-state index contributed by atoms with van der Waals surface area (Å²) >= 11 is 0. The van der Waals surface area contributed by atoms with E-state index in [4.69, 9.17) is 4.74 Å². The van der Waals surface area contributed by atoms with Crippen LogP contribution in [-0.2, 0) is 4.79 Å². The van der Waals surface area contributed by atoms with E-state index in [0.29, 0.717) is 0 Å². The number of nitrogens with one attached hydrogen (secondary N) is 1. The van der Waals surface area contributed by atoms with Gasteiger partial charge in [0.05, 0.1) is 21.6 Å². The van der Waals surface area contributed by atoms with Gasteiger partial charge in [-0.2, -0.15) is 5.10 Å². The topological polar surface area (TPSA) is 157 Å². The van der Waals surface area contributed by atoms with Gasteiger partial charge in [0.2, 0.25) is 0 Å². The number of carbonyl (C=O) groups is 1. The highest BCUT2D eigenvalue weighted by atomic mass is 16.6. The average Bonchev–Trinajstić information content (AvgIpc) is 2.60. The quantitative estimate of drug-likeness (QED) is 0.432. The predicted molar refractivity (Wildman–Crippen MR) is 89.1 cm³/mol. The van der Waals surface area contributed by atoms with E-state index in [0.717, 1.165) is 24.4 Å². The highest BCUT2D eigenvalue weighted by molar-refractivity contribution is 5.87. The van der Waals surface area contributed by atoms with E-state index in [1.807, 2.05) is 0 Å². The minimum atomic E-state index is -0.734. The molecule has 0 aliphatic heterocycles. The number of nitro benzene ring substituents is 2. The normalized spacial score (nSPS) is 10.5. The number of hydrogen-bond acceptors (Lipinski definition) is 8. The smallest absolute Gasteiger partial charge is 0.310 e. The summed E-state index contributed by atoms with van der Waals surface area (Å²) in [6, 6.07) is 8.89. The van der Waals surface area contributed by atoms with Gasteiger partial charge in [-0.25, -0.2) is 5.43 Å². The van der Waals surface area contributed by atoms with E-state index in [-0.39, 0.29) is 28.4 Å². The van der Waals surface area contributed by atoms with Crippen molar-refractivity contribution < 1.29 is 24.5 Å². The van der Waals surface area contributed by atoms with Crippen molar-refractivity contribution in [3.8, 4) is 11.5 Å². The molecule has 2 N–H and O–H groups in total. The number of rotatable bonds is 7. The van der Waals surface area contributed by atoms with Crippen LogP contribution in [0.25, 0.3) is 0 Å². The third-order valence-corrected chi connectivity index (χ3v) is 3.02. The van der Waals surface area contributed by atoms with E-state index in [9.17, 15) is 30.1 Å². The molecule has 0 spiro atoms. The molecule has 0 aliphatic carbocycles.